The Morgan fingerprint density at radius 2 is 2.06 bits per heavy atom. The minimum absolute atomic E-state index is 0.111. The van der Waals surface area contributed by atoms with Gasteiger partial charge in [-0.1, -0.05) is 26.7 Å². The molecule has 1 N–H and O–H groups in total. The second-order valence-corrected chi connectivity index (χ2v) is 4.99. The minimum Gasteiger partial charge on any atom is -0.339 e. The van der Waals surface area contributed by atoms with Crippen molar-refractivity contribution in [3.05, 3.63) is 18.0 Å². The van der Waals surface area contributed by atoms with E-state index in [-0.39, 0.29) is 5.91 Å². The van der Waals surface area contributed by atoms with Gasteiger partial charge in [0.15, 0.2) is 0 Å². The van der Waals surface area contributed by atoms with E-state index in [1.165, 1.54) is 12.8 Å². The zero-order chi connectivity index (χ0) is 12.3. The molecule has 4 nitrogen and oxygen atoms in total. The number of nitrogens with zero attached hydrogens (tertiary/aromatic N) is 2. The summed E-state index contributed by atoms with van der Waals surface area (Å²) in [5.41, 5.74) is 1.14. The molecule has 0 atom stereocenters. The van der Waals surface area contributed by atoms with Gasteiger partial charge in [-0.15, -0.1) is 0 Å². The highest BCUT2D eigenvalue weighted by atomic mass is 16.2. The summed E-state index contributed by atoms with van der Waals surface area (Å²) in [4.78, 5) is 14.1. The number of hydrogen-bond donors (Lipinski definition) is 1. The summed E-state index contributed by atoms with van der Waals surface area (Å²) in [5, 5.41) is 6.52. The van der Waals surface area contributed by atoms with Crippen molar-refractivity contribution in [1.82, 2.24) is 15.1 Å². The Bertz CT molecular complexity index is 358. The maximum Gasteiger partial charge on any atom is 0.257 e. The summed E-state index contributed by atoms with van der Waals surface area (Å²) in [5.74, 6) is 0.111. The van der Waals surface area contributed by atoms with Gasteiger partial charge in [-0.2, -0.15) is 5.10 Å². The summed E-state index contributed by atoms with van der Waals surface area (Å²) >= 11 is 0. The van der Waals surface area contributed by atoms with Gasteiger partial charge in [0, 0.05) is 19.3 Å². The molecule has 1 aliphatic heterocycles. The number of carbonyl (C=O) groups is 1. The van der Waals surface area contributed by atoms with Crippen LogP contribution in [0.15, 0.2) is 12.4 Å². The maximum atomic E-state index is 12.1. The van der Waals surface area contributed by atoms with Gasteiger partial charge in [-0.25, -0.2) is 0 Å². The average Bonchev–Trinajstić information content (AvgIpc) is 2.92. The first-order valence-electron chi connectivity index (χ1n) is 6.49. The van der Waals surface area contributed by atoms with Crippen LogP contribution in [0, 0.1) is 5.41 Å². The fourth-order valence-corrected chi connectivity index (χ4v) is 2.69. The summed E-state index contributed by atoms with van der Waals surface area (Å²) in [6, 6.07) is 0. The van der Waals surface area contributed by atoms with Crippen LogP contribution >= 0.6 is 0 Å². The number of likely N-dealkylation sites (tertiary alicyclic amines) is 1. The molecule has 0 aliphatic carbocycles. The van der Waals surface area contributed by atoms with Crippen molar-refractivity contribution in [1.29, 1.82) is 0 Å². The SMILES string of the molecule is CCC1(CC)CCN(C(=O)c2cn[nH]c2)CC1. The quantitative estimate of drug-likeness (QED) is 0.874. The van der Waals surface area contributed by atoms with Crippen molar-refractivity contribution in [2.75, 3.05) is 13.1 Å². The van der Waals surface area contributed by atoms with E-state index in [4.69, 9.17) is 0 Å². The second-order valence-electron chi connectivity index (χ2n) is 4.99. The van der Waals surface area contributed by atoms with Gasteiger partial charge in [0.05, 0.1) is 11.8 Å². The third-order valence-corrected chi connectivity index (χ3v) is 4.36. The maximum absolute atomic E-state index is 12.1. The third-order valence-electron chi connectivity index (χ3n) is 4.36. The molecule has 94 valence electrons. The molecule has 0 radical (unpaired) electrons. The molecule has 1 saturated heterocycles. The van der Waals surface area contributed by atoms with Crippen molar-refractivity contribution in [2.24, 2.45) is 5.41 Å². The zero-order valence-corrected chi connectivity index (χ0v) is 10.7. The number of aromatic nitrogens is 2. The molecule has 0 spiro atoms. The lowest BCUT2D eigenvalue weighted by atomic mass is 9.74. The number of amides is 1. The van der Waals surface area contributed by atoms with Crippen LogP contribution in [0.2, 0.25) is 0 Å². The van der Waals surface area contributed by atoms with Gasteiger partial charge in [0.2, 0.25) is 0 Å². The van der Waals surface area contributed by atoms with Crippen molar-refractivity contribution in [2.45, 2.75) is 39.5 Å². The van der Waals surface area contributed by atoms with E-state index in [0.717, 1.165) is 25.9 Å². The van der Waals surface area contributed by atoms with Crippen LogP contribution in [0.5, 0.6) is 0 Å². The van der Waals surface area contributed by atoms with Crippen molar-refractivity contribution >= 4 is 5.91 Å². The Hall–Kier alpha value is -1.32. The largest absolute Gasteiger partial charge is 0.339 e. The van der Waals surface area contributed by atoms with Gasteiger partial charge in [-0.3, -0.25) is 9.89 Å². The van der Waals surface area contributed by atoms with Crippen LogP contribution in [0.4, 0.5) is 0 Å². The molecule has 1 amide bonds. The smallest absolute Gasteiger partial charge is 0.257 e. The van der Waals surface area contributed by atoms with Crippen molar-refractivity contribution in [3.8, 4) is 0 Å². The predicted octanol–water partition coefficient (Wildman–Crippen LogP) is 2.45. The number of carbonyl (C=O) groups excluding carboxylic acids is 1. The van der Waals surface area contributed by atoms with E-state index in [2.05, 4.69) is 24.0 Å². The summed E-state index contributed by atoms with van der Waals surface area (Å²) < 4.78 is 0. The lowest BCUT2D eigenvalue weighted by molar-refractivity contribution is 0.0558. The molecule has 0 aromatic carbocycles. The molecule has 1 aromatic heterocycles. The van der Waals surface area contributed by atoms with Gasteiger partial charge < -0.3 is 4.90 Å². The van der Waals surface area contributed by atoms with Gasteiger partial charge in [0.25, 0.3) is 5.91 Å². The van der Waals surface area contributed by atoms with E-state index in [0.29, 0.717) is 11.0 Å². The molecular weight excluding hydrogens is 214 g/mol. The number of H-pyrrole nitrogens is 1. The number of nitrogens with one attached hydrogen (secondary N) is 1. The van der Waals surface area contributed by atoms with E-state index >= 15 is 0 Å². The Morgan fingerprint density at radius 1 is 1.41 bits per heavy atom. The first-order chi connectivity index (χ1) is 8.21. The molecule has 2 heterocycles. The molecule has 0 saturated carbocycles. The predicted molar refractivity (Wildman–Crippen MR) is 66.7 cm³/mol. The van der Waals surface area contributed by atoms with Crippen LogP contribution in [0.3, 0.4) is 0 Å². The lowest BCUT2D eigenvalue weighted by Crippen LogP contribution is -2.42. The lowest BCUT2D eigenvalue weighted by Gasteiger charge is -2.40. The van der Waals surface area contributed by atoms with Gasteiger partial charge in [-0.05, 0) is 18.3 Å². The van der Waals surface area contributed by atoms with Crippen molar-refractivity contribution in [3.63, 3.8) is 0 Å². The Balaban J connectivity index is 1.97. The molecule has 1 fully saturated rings. The number of piperidine rings is 1. The van der Waals surface area contributed by atoms with Crippen LogP contribution in [0.1, 0.15) is 49.9 Å². The standard InChI is InChI=1S/C13H21N3O/c1-3-13(4-2)5-7-16(8-6-13)12(17)11-9-14-15-10-11/h9-10H,3-8H2,1-2H3,(H,14,15). The Morgan fingerprint density at radius 3 is 2.53 bits per heavy atom. The zero-order valence-electron chi connectivity index (χ0n) is 10.7. The first kappa shape index (κ1) is 12.1. The molecule has 0 bridgehead atoms. The topological polar surface area (TPSA) is 49.0 Å². The summed E-state index contributed by atoms with van der Waals surface area (Å²) in [7, 11) is 0. The van der Waals surface area contributed by atoms with E-state index < -0.39 is 0 Å². The molecule has 4 heteroatoms. The molecule has 1 aromatic rings. The number of aromatic amines is 1. The first-order valence-corrected chi connectivity index (χ1v) is 6.49. The molecule has 2 rings (SSSR count). The van der Waals surface area contributed by atoms with Gasteiger partial charge in [0.1, 0.15) is 0 Å². The third kappa shape index (κ3) is 2.35. The molecule has 0 unspecified atom stereocenters. The van der Waals surface area contributed by atoms with Crippen LogP contribution < -0.4 is 0 Å². The fourth-order valence-electron chi connectivity index (χ4n) is 2.69. The highest BCUT2D eigenvalue weighted by molar-refractivity contribution is 5.93. The molecule has 1 aliphatic rings. The monoisotopic (exact) mass is 235 g/mol. The highest BCUT2D eigenvalue weighted by Crippen LogP contribution is 2.38. The van der Waals surface area contributed by atoms with Crippen LogP contribution in [-0.4, -0.2) is 34.1 Å². The van der Waals surface area contributed by atoms with E-state index in [1.54, 1.807) is 12.4 Å². The average molecular weight is 235 g/mol. The summed E-state index contributed by atoms with van der Waals surface area (Å²) in [6.07, 6.45) is 7.97. The Labute approximate surface area is 102 Å². The number of rotatable bonds is 3. The second kappa shape index (κ2) is 4.90. The molecule has 17 heavy (non-hydrogen) atoms. The minimum atomic E-state index is 0.111. The normalized spacial score (nSPS) is 19.3. The molecular formula is C13H21N3O. The van der Waals surface area contributed by atoms with E-state index in [1.807, 2.05) is 4.90 Å². The summed E-state index contributed by atoms with van der Waals surface area (Å²) in [6.45, 7) is 6.28. The highest BCUT2D eigenvalue weighted by Gasteiger charge is 2.33. The van der Waals surface area contributed by atoms with Crippen molar-refractivity contribution < 1.29 is 4.79 Å². The van der Waals surface area contributed by atoms with Gasteiger partial charge >= 0.3 is 0 Å². The van der Waals surface area contributed by atoms with Crippen LogP contribution in [-0.2, 0) is 0 Å². The van der Waals surface area contributed by atoms with Crippen LogP contribution in [0.25, 0.3) is 0 Å². The number of hydrogen-bond acceptors (Lipinski definition) is 2. The fraction of sp³-hybridized carbons (Fsp3) is 0.692. The van der Waals surface area contributed by atoms with E-state index in [9.17, 15) is 4.79 Å². The Kier molecular flexibility index (Phi) is 3.50.